The second-order valence-corrected chi connectivity index (χ2v) is 6.63. The average Bonchev–Trinajstić information content (AvgIpc) is 3.30. The maximum absolute atomic E-state index is 9.61. The van der Waals surface area contributed by atoms with Gasteiger partial charge in [-0.25, -0.2) is 4.98 Å². The van der Waals surface area contributed by atoms with Crippen molar-refractivity contribution in [3.05, 3.63) is 71.8 Å². The van der Waals surface area contributed by atoms with Crippen molar-refractivity contribution in [1.29, 1.82) is 5.26 Å². The highest BCUT2D eigenvalue weighted by molar-refractivity contribution is 5.80. The minimum atomic E-state index is 0.221. The molecule has 0 saturated heterocycles. The zero-order valence-corrected chi connectivity index (χ0v) is 15.7. The second kappa shape index (κ2) is 7.00. The fraction of sp³-hybridized carbons (Fsp3) is 0.143. The third-order valence-electron chi connectivity index (χ3n) is 4.62. The number of benzene rings is 1. The number of hydrogen-bond acceptors (Lipinski definition) is 5. The molecule has 3 heterocycles. The summed E-state index contributed by atoms with van der Waals surface area (Å²) in [6.45, 7) is 2.62. The maximum atomic E-state index is 9.61. The monoisotopic (exact) mass is 369 g/mol. The van der Waals surface area contributed by atoms with Crippen LogP contribution in [0.1, 0.15) is 16.8 Å². The first-order valence-electron chi connectivity index (χ1n) is 8.83. The van der Waals surface area contributed by atoms with Gasteiger partial charge in [0.05, 0.1) is 17.9 Å². The van der Waals surface area contributed by atoms with Gasteiger partial charge in [-0.2, -0.15) is 15.5 Å². The number of nitriles is 1. The van der Waals surface area contributed by atoms with Crippen LogP contribution in [0.2, 0.25) is 0 Å². The van der Waals surface area contributed by atoms with Crippen LogP contribution < -0.4 is 5.73 Å². The molecule has 0 aliphatic heterocycles. The smallest absolute Gasteiger partial charge is 0.142 e. The Hall–Kier alpha value is -3.92. The van der Waals surface area contributed by atoms with E-state index in [1.807, 2.05) is 67.4 Å². The van der Waals surface area contributed by atoms with Crippen LogP contribution in [0.25, 0.3) is 22.4 Å². The lowest BCUT2D eigenvalue weighted by Gasteiger charge is -2.10. The van der Waals surface area contributed by atoms with E-state index >= 15 is 0 Å². The molecule has 7 heteroatoms. The van der Waals surface area contributed by atoms with Crippen molar-refractivity contribution in [2.75, 3.05) is 5.73 Å². The summed E-state index contributed by atoms with van der Waals surface area (Å²) in [5.74, 6) is 0.221. The number of nitrogens with zero attached hydrogens (tertiary/aromatic N) is 6. The van der Waals surface area contributed by atoms with Crippen LogP contribution in [-0.4, -0.2) is 24.5 Å². The summed E-state index contributed by atoms with van der Waals surface area (Å²) in [6, 6.07) is 14.0. The molecule has 28 heavy (non-hydrogen) atoms. The van der Waals surface area contributed by atoms with E-state index in [4.69, 9.17) is 5.73 Å². The lowest BCUT2D eigenvalue weighted by Crippen LogP contribution is -2.01. The fourth-order valence-electron chi connectivity index (χ4n) is 3.27. The van der Waals surface area contributed by atoms with Crippen LogP contribution in [0.4, 0.5) is 5.82 Å². The zero-order chi connectivity index (χ0) is 19.7. The Bertz CT molecular complexity index is 1160. The van der Waals surface area contributed by atoms with Crippen LogP contribution in [0.15, 0.2) is 55.0 Å². The minimum Gasteiger partial charge on any atom is -0.383 e. The molecule has 0 amide bonds. The number of aryl methyl sites for hydroxylation is 2. The third-order valence-corrected chi connectivity index (χ3v) is 4.62. The summed E-state index contributed by atoms with van der Waals surface area (Å²) in [4.78, 5) is 4.43. The Balaban J connectivity index is 1.76. The van der Waals surface area contributed by atoms with E-state index in [1.165, 1.54) is 0 Å². The van der Waals surface area contributed by atoms with Crippen LogP contribution in [0.3, 0.4) is 0 Å². The molecule has 0 spiro atoms. The molecule has 0 radical (unpaired) electrons. The number of pyridine rings is 1. The predicted octanol–water partition coefficient (Wildman–Crippen LogP) is 3.16. The summed E-state index contributed by atoms with van der Waals surface area (Å²) in [5.41, 5.74) is 11.8. The first-order valence-corrected chi connectivity index (χ1v) is 8.83. The Morgan fingerprint density at radius 1 is 1.18 bits per heavy atom. The number of anilines is 1. The average molecular weight is 369 g/mol. The molecular weight excluding hydrogens is 350 g/mol. The van der Waals surface area contributed by atoms with E-state index in [9.17, 15) is 5.26 Å². The van der Waals surface area contributed by atoms with Crippen molar-refractivity contribution < 1.29 is 0 Å². The van der Waals surface area contributed by atoms with Crippen molar-refractivity contribution in [3.63, 3.8) is 0 Å². The number of nitrogen functional groups attached to an aromatic ring is 1. The van der Waals surface area contributed by atoms with Gasteiger partial charge in [0.2, 0.25) is 0 Å². The summed E-state index contributed by atoms with van der Waals surface area (Å²) in [5, 5.41) is 18.2. The molecule has 138 valence electrons. The Morgan fingerprint density at radius 2 is 1.96 bits per heavy atom. The van der Waals surface area contributed by atoms with E-state index in [0.29, 0.717) is 17.8 Å². The van der Waals surface area contributed by atoms with Crippen LogP contribution >= 0.6 is 0 Å². The second-order valence-electron chi connectivity index (χ2n) is 6.63. The molecule has 0 bridgehead atoms. The molecule has 4 aromatic rings. The number of nitrogens with two attached hydrogens (primary N) is 1. The summed E-state index contributed by atoms with van der Waals surface area (Å²) in [6.07, 6.45) is 5.59. The Morgan fingerprint density at radius 3 is 2.57 bits per heavy atom. The summed E-state index contributed by atoms with van der Waals surface area (Å²) >= 11 is 0. The van der Waals surface area contributed by atoms with Crippen molar-refractivity contribution in [2.45, 2.75) is 13.5 Å². The molecule has 4 rings (SSSR count). The van der Waals surface area contributed by atoms with Crippen molar-refractivity contribution >= 4 is 5.82 Å². The quantitative estimate of drug-likeness (QED) is 0.596. The van der Waals surface area contributed by atoms with Gasteiger partial charge in [0.15, 0.2) is 0 Å². The van der Waals surface area contributed by atoms with Crippen molar-refractivity contribution in [2.24, 2.45) is 7.05 Å². The number of hydrogen-bond donors (Lipinski definition) is 1. The Labute approximate surface area is 162 Å². The fourth-order valence-corrected chi connectivity index (χ4v) is 3.27. The van der Waals surface area contributed by atoms with E-state index in [2.05, 4.69) is 21.3 Å². The van der Waals surface area contributed by atoms with Gasteiger partial charge in [-0.05, 0) is 30.2 Å². The molecule has 0 aliphatic carbocycles. The van der Waals surface area contributed by atoms with E-state index in [-0.39, 0.29) is 5.82 Å². The number of aromatic nitrogens is 5. The highest BCUT2D eigenvalue weighted by atomic mass is 15.3. The predicted molar refractivity (Wildman–Crippen MR) is 107 cm³/mol. The van der Waals surface area contributed by atoms with E-state index in [0.717, 1.165) is 27.9 Å². The standard InChI is InChI=1S/C21H19N7/c1-14-19(13-27(2)26-14)20-10-17(18(11-22)21(23)25-20)16-6-4-15(5-7-16)12-28-9-3-8-24-28/h3-10,13H,12H2,1-2H3,(H2,23,25). The molecule has 2 N–H and O–H groups in total. The lowest BCUT2D eigenvalue weighted by atomic mass is 9.97. The van der Waals surface area contributed by atoms with Crippen LogP contribution in [-0.2, 0) is 13.6 Å². The van der Waals surface area contributed by atoms with Gasteiger partial charge in [-0.1, -0.05) is 24.3 Å². The lowest BCUT2D eigenvalue weighted by molar-refractivity contribution is 0.687. The van der Waals surface area contributed by atoms with Gasteiger partial charge in [-0.15, -0.1) is 0 Å². The molecule has 0 saturated carbocycles. The maximum Gasteiger partial charge on any atom is 0.142 e. The van der Waals surface area contributed by atoms with E-state index < -0.39 is 0 Å². The van der Waals surface area contributed by atoms with Gasteiger partial charge in [0.25, 0.3) is 0 Å². The van der Waals surface area contributed by atoms with E-state index in [1.54, 1.807) is 10.9 Å². The first-order chi connectivity index (χ1) is 13.5. The molecule has 0 atom stereocenters. The molecule has 0 fully saturated rings. The van der Waals surface area contributed by atoms with Gasteiger partial charge in [0, 0.05) is 36.8 Å². The summed E-state index contributed by atoms with van der Waals surface area (Å²) < 4.78 is 3.61. The largest absolute Gasteiger partial charge is 0.383 e. The highest BCUT2D eigenvalue weighted by Crippen LogP contribution is 2.32. The van der Waals surface area contributed by atoms with Gasteiger partial charge in [0.1, 0.15) is 17.5 Å². The molecular formula is C21H19N7. The molecule has 3 aromatic heterocycles. The number of rotatable bonds is 4. The van der Waals surface area contributed by atoms with Crippen LogP contribution in [0.5, 0.6) is 0 Å². The minimum absolute atomic E-state index is 0.221. The van der Waals surface area contributed by atoms with Gasteiger partial charge >= 0.3 is 0 Å². The topological polar surface area (TPSA) is 98.3 Å². The molecule has 1 aromatic carbocycles. The van der Waals surface area contributed by atoms with Gasteiger partial charge in [-0.3, -0.25) is 9.36 Å². The highest BCUT2D eigenvalue weighted by Gasteiger charge is 2.16. The first kappa shape index (κ1) is 17.5. The summed E-state index contributed by atoms with van der Waals surface area (Å²) in [7, 11) is 1.86. The molecule has 0 aliphatic rings. The zero-order valence-electron chi connectivity index (χ0n) is 15.7. The third kappa shape index (κ3) is 3.23. The van der Waals surface area contributed by atoms with Crippen LogP contribution in [0, 0.1) is 18.3 Å². The van der Waals surface area contributed by atoms with Crippen molar-refractivity contribution in [3.8, 4) is 28.5 Å². The molecule has 7 nitrogen and oxygen atoms in total. The molecule has 0 unspecified atom stereocenters. The normalized spacial score (nSPS) is 10.8. The van der Waals surface area contributed by atoms with Crippen molar-refractivity contribution in [1.82, 2.24) is 24.5 Å². The Kier molecular flexibility index (Phi) is 4.38. The van der Waals surface area contributed by atoms with Gasteiger partial charge < -0.3 is 5.73 Å². The SMILES string of the molecule is Cc1nn(C)cc1-c1cc(-c2ccc(Cn3cccn3)cc2)c(C#N)c(N)n1.